The van der Waals surface area contributed by atoms with E-state index in [0.29, 0.717) is 18.0 Å². The first kappa shape index (κ1) is 21.3. The van der Waals surface area contributed by atoms with Crippen LogP contribution in [0.2, 0.25) is 0 Å². The fraction of sp³-hybridized carbons (Fsp3) is 0.381. The maximum absolute atomic E-state index is 12.7. The lowest BCUT2D eigenvalue weighted by Crippen LogP contribution is -2.42. The van der Waals surface area contributed by atoms with Gasteiger partial charge >= 0.3 is 0 Å². The van der Waals surface area contributed by atoms with Gasteiger partial charge < -0.3 is 14.8 Å². The number of hydrogen-bond donors (Lipinski definition) is 1. The van der Waals surface area contributed by atoms with Gasteiger partial charge in [-0.3, -0.25) is 9.69 Å². The Bertz CT molecular complexity index is 753. The van der Waals surface area contributed by atoms with E-state index < -0.39 is 0 Å². The van der Waals surface area contributed by atoms with Crippen LogP contribution in [0.15, 0.2) is 46.9 Å². The van der Waals surface area contributed by atoms with Crippen molar-refractivity contribution in [2.24, 2.45) is 0 Å². The lowest BCUT2D eigenvalue weighted by Gasteiger charge is -2.28. The van der Waals surface area contributed by atoms with Crippen LogP contribution in [-0.4, -0.2) is 37.6 Å². The van der Waals surface area contributed by atoms with Gasteiger partial charge in [0.05, 0.1) is 24.7 Å². The normalized spacial score (nSPS) is 11.9. The molecule has 0 saturated heterocycles. The summed E-state index contributed by atoms with van der Waals surface area (Å²) in [5.41, 5.74) is 1.85. The Morgan fingerprint density at radius 3 is 2.44 bits per heavy atom. The molecule has 2 aromatic rings. The fourth-order valence-corrected chi connectivity index (χ4v) is 3.52. The predicted molar refractivity (Wildman–Crippen MR) is 112 cm³/mol. The molecule has 0 radical (unpaired) electrons. The largest absolute Gasteiger partial charge is 0.493 e. The highest BCUT2D eigenvalue weighted by Crippen LogP contribution is 2.38. The van der Waals surface area contributed by atoms with Gasteiger partial charge in [-0.05, 0) is 59.6 Å². The van der Waals surface area contributed by atoms with E-state index >= 15 is 0 Å². The number of carbonyl (C=O) groups excluding carboxylic acids is 1. The number of hydrogen-bond acceptors (Lipinski definition) is 4. The average molecular weight is 435 g/mol. The molecule has 27 heavy (non-hydrogen) atoms. The van der Waals surface area contributed by atoms with Gasteiger partial charge in [0.15, 0.2) is 11.5 Å². The van der Waals surface area contributed by atoms with E-state index in [1.54, 1.807) is 14.2 Å². The van der Waals surface area contributed by atoms with Crippen molar-refractivity contribution in [2.45, 2.75) is 32.9 Å². The first-order valence-corrected chi connectivity index (χ1v) is 9.80. The summed E-state index contributed by atoms with van der Waals surface area (Å²) in [4.78, 5) is 14.9. The van der Waals surface area contributed by atoms with Crippen LogP contribution in [0.25, 0.3) is 0 Å². The van der Waals surface area contributed by atoms with Gasteiger partial charge in [-0.25, -0.2) is 0 Å². The number of carbonyl (C=O) groups is 1. The molecule has 1 unspecified atom stereocenters. The van der Waals surface area contributed by atoms with Crippen LogP contribution in [-0.2, 0) is 11.3 Å². The van der Waals surface area contributed by atoms with E-state index in [-0.39, 0.29) is 11.9 Å². The second kappa shape index (κ2) is 10.3. The van der Waals surface area contributed by atoms with Crippen molar-refractivity contribution in [2.75, 3.05) is 26.1 Å². The van der Waals surface area contributed by atoms with Crippen molar-refractivity contribution in [3.8, 4) is 11.5 Å². The number of rotatable bonds is 9. The van der Waals surface area contributed by atoms with Crippen molar-refractivity contribution in [3.63, 3.8) is 0 Å². The van der Waals surface area contributed by atoms with E-state index in [9.17, 15) is 4.79 Å². The molecule has 2 rings (SSSR count). The van der Waals surface area contributed by atoms with Gasteiger partial charge in [0.1, 0.15) is 0 Å². The molecule has 1 amide bonds. The molecule has 0 spiro atoms. The molecule has 2 aromatic carbocycles. The highest BCUT2D eigenvalue weighted by atomic mass is 79.9. The predicted octanol–water partition coefficient (Wildman–Crippen LogP) is 4.71. The molecule has 0 saturated carbocycles. The number of methoxy groups -OCH3 is 2. The van der Waals surface area contributed by atoms with Crippen molar-refractivity contribution in [1.29, 1.82) is 0 Å². The summed E-state index contributed by atoms with van der Waals surface area (Å²) < 4.78 is 11.7. The Balaban J connectivity index is 2.18. The lowest BCUT2D eigenvalue weighted by atomic mass is 10.1. The molecule has 1 N–H and O–H groups in total. The number of para-hydroxylation sites is 1. The third-order valence-corrected chi connectivity index (χ3v) is 5.29. The number of nitrogens with zero attached hydrogens (tertiary/aromatic N) is 1. The van der Waals surface area contributed by atoms with E-state index in [4.69, 9.17) is 9.47 Å². The van der Waals surface area contributed by atoms with Crippen molar-refractivity contribution in [3.05, 3.63) is 52.5 Å². The fourth-order valence-electron chi connectivity index (χ4n) is 2.90. The number of nitrogens with one attached hydrogen (secondary N) is 1. The first-order chi connectivity index (χ1) is 13.0. The zero-order chi connectivity index (χ0) is 19.8. The number of benzene rings is 2. The molecule has 0 aliphatic rings. The van der Waals surface area contributed by atoms with E-state index in [1.165, 1.54) is 0 Å². The van der Waals surface area contributed by atoms with Gasteiger partial charge in [0, 0.05) is 12.2 Å². The van der Waals surface area contributed by atoms with Gasteiger partial charge in [-0.2, -0.15) is 0 Å². The third kappa shape index (κ3) is 5.47. The minimum atomic E-state index is -0.273. The summed E-state index contributed by atoms with van der Waals surface area (Å²) in [6.45, 7) is 5.48. The molecule has 0 aliphatic carbocycles. The monoisotopic (exact) mass is 434 g/mol. The van der Waals surface area contributed by atoms with Gasteiger partial charge in [0.2, 0.25) is 5.91 Å². The third-order valence-electron chi connectivity index (χ3n) is 4.42. The van der Waals surface area contributed by atoms with Crippen LogP contribution in [0.3, 0.4) is 0 Å². The molecular weight excluding hydrogens is 408 g/mol. The number of halogens is 1. The molecule has 1 atom stereocenters. The zero-order valence-corrected chi connectivity index (χ0v) is 17.9. The zero-order valence-electron chi connectivity index (χ0n) is 16.3. The maximum Gasteiger partial charge on any atom is 0.241 e. The maximum atomic E-state index is 12.7. The first-order valence-electron chi connectivity index (χ1n) is 9.01. The summed E-state index contributed by atoms with van der Waals surface area (Å²) in [5, 5.41) is 2.98. The van der Waals surface area contributed by atoms with Crippen LogP contribution < -0.4 is 14.8 Å². The Kier molecular flexibility index (Phi) is 8.13. The van der Waals surface area contributed by atoms with Crippen molar-refractivity contribution >= 4 is 27.5 Å². The lowest BCUT2D eigenvalue weighted by molar-refractivity contribution is -0.121. The Morgan fingerprint density at radius 2 is 1.85 bits per heavy atom. The molecule has 0 fully saturated rings. The summed E-state index contributed by atoms with van der Waals surface area (Å²) in [6, 6.07) is 13.1. The van der Waals surface area contributed by atoms with E-state index in [0.717, 1.165) is 28.7 Å². The van der Waals surface area contributed by atoms with Crippen molar-refractivity contribution < 1.29 is 14.3 Å². The number of amides is 1. The quantitative estimate of drug-likeness (QED) is 0.620. The van der Waals surface area contributed by atoms with Crippen LogP contribution in [0.1, 0.15) is 25.8 Å². The molecule has 0 bridgehead atoms. The van der Waals surface area contributed by atoms with E-state index in [2.05, 4.69) is 33.1 Å². The second-order valence-corrected chi connectivity index (χ2v) is 7.07. The highest BCUT2D eigenvalue weighted by molar-refractivity contribution is 9.10. The van der Waals surface area contributed by atoms with Crippen LogP contribution in [0, 0.1) is 0 Å². The average Bonchev–Trinajstić information content (AvgIpc) is 2.68. The Hall–Kier alpha value is -2.05. The molecule has 0 aliphatic heterocycles. The molecule has 0 aromatic heterocycles. The molecule has 6 heteroatoms. The van der Waals surface area contributed by atoms with Crippen molar-refractivity contribution in [1.82, 2.24) is 4.90 Å². The van der Waals surface area contributed by atoms with Crippen LogP contribution >= 0.6 is 15.9 Å². The molecular formula is C21H27BrN2O3. The van der Waals surface area contributed by atoms with Gasteiger partial charge in [-0.1, -0.05) is 31.2 Å². The summed E-state index contributed by atoms with van der Waals surface area (Å²) in [6.07, 6.45) is 0.952. The molecule has 146 valence electrons. The van der Waals surface area contributed by atoms with Crippen LogP contribution in [0.4, 0.5) is 5.69 Å². The topological polar surface area (TPSA) is 50.8 Å². The highest BCUT2D eigenvalue weighted by Gasteiger charge is 2.23. The molecule has 5 nitrogen and oxygen atoms in total. The minimum absolute atomic E-state index is 0.0220. The minimum Gasteiger partial charge on any atom is -0.493 e. The number of anilines is 1. The number of ether oxygens (including phenoxy) is 2. The smallest absolute Gasteiger partial charge is 0.241 e. The summed E-state index contributed by atoms with van der Waals surface area (Å²) in [7, 11) is 3.23. The summed E-state index contributed by atoms with van der Waals surface area (Å²) >= 11 is 3.62. The Labute approximate surface area is 169 Å². The summed E-state index contributed by atoms with van der Waals surface area (Å²) in [5.74, 6) is 1.31. The van der Waals surface area contributed by atoms with Gasteiger partial charge in [-0.15, -0.1) is 0 Å². The second-order valence-electron chi connectivity index (χ2n) is 6.28. The molecule has 0 heterocycles. The van der Waals surface area contributed by atoms with E-state index in [1.807, 2.05) is 49.4 Å². The standard InChI is InChI=1S/C21H27BrN2O3/c1-5-13-24(15(2)21(25)23-17-9-7-6-8-10-17)14-16-11-12-18(26-3)20(27-4)19(16)22/h6-12,15H,5,13-14H2,1-4H3,(H,23,25). The Morgan fingerprint density at radius 1 is 1.15 bits per heavy atom. The SMILES string of the molecule is CCCN(Cc1ccc(OC)c(OC)c1Br)C(C)C(=O)Nc1ccccc1. The van der Waals surface area contributed by atoms with Crippen LogP contribution in [0.5, 0.6) is 11.5 Å². The van der Waals surface area contributed by atoms with Gasteiger partial charge in [0.25, 0.3) is 0 Å².